The summed E-state index contributed by atoms with van der Waals surface area (Å²) in [6.45, 7) is 7.78. The van der Waals surface area contributed by atoms with Crippen molar-refractivity contribution in [3.8, 4) is 0 Å². The van der Waals surface area contributed by atoms with Crippen LogP contribution in [0.5, 0.6) is 0 Å². The molecule has 0 aliphatic rings. The van der Waals surface area contributed by atoms with E-state index in [0.29, 0.717) is 21.3 Å². The van der Waals surface area contributed by atoms with E-state index in [1.54, 1.807) is 18.2 Å². The number of anilines is 1. The van der Waals surface area contributed by atoms with Crippen LogP contribution in [-0.4, -0.2) is 36.7 Å². The van der Waals surface area contributed by atoms with Gasteiger partial charge in [-0.1, -0.05) is 61.3 Å². The number of hydrogen-bond donors (Lipinski definition) is 1. The van der Waals surface area contributed by atoms with Crippen LogP contribution < -0.4 is 5.32 Å². The number of nitrogens with zero attached hydrogens (tertiary/aromatic N) is 1. The quantitative estimate of drug-likeness (QED) is 0.490. The highest BCUT2D eigenvalue weighted by Crippen LogP contribution is 2.33. The zero-order valence-corrected chi connectivity index (χ0v) is 16.8. The van der Waals surface area contributed by atoms with Crippen LogP contribution in [0.3, 0.4) is 0 Å². The molecule has 0 saturated heterocycles. The Morgan fingerprint density at radius 3 is 2.38 bits per heavy atom. The minimum atomic E-state index is -0.356. The number of esters is 1. The molecule has 2 aromatic carbocycles. The van der Waals surface area contributed by atoms with Crippen LogP contribution in [0.15, 0.2) is 42.5 Å². The van der Waals surface area contributed by atoms with Gasteiger partial charge in [-0.25, -0.2) is 4.79 Å². The molecule has 1 N–H and O–H groups in total. The van der Waals surface area contributed by atoms with Crippen LogP contribution in [0.2, 0.25) is 10.0 Å². The van der Waals surface area contributed by atoms with E-state index in [9.17, 15) is 4.79 Å². The average Bonchev–Trinajstić information content (AvgIpc) is 2.67. The van der Waals surface area contributed by atoms with E-state index >= 15 is 0 Å². The lowest BCUT2D eigenvalue weighted by molar-refractivity contribution is 0.0391. The molecule has 2 rings (SSSR count). The Bertz CT molecular complexity index is 734. The molecule has 6 heteroatoms. The summed E-state index contributed by atoms with van der Waals surface area (Å²) in [6.07, 6.45) is -0.241. The summed E-state index contributed by atoms with van der Waals surface area (Å²) in [5.41, 5.74) is 2.11. The van der Waals surface area contributed by atoms with E-state index in [0.717, 1.165) is 18.7 Å². The first-order valence-electron chi connectivity index (χ1n) is 8.65. The van der Waals surface area contributed by atoms with Crippen molar-refractivity contribution in [2.24, 2.45) is 0 Å². The smallest absolute Gasteiger partial charge is 0.338 e. The summed E-state index contributed by atoms with van der Waals surface area (Å²) < 4.78 is 5.53. The molecule has 0 spiro atoms. The lowest BCUT2D eigenvalue weighted by Crippen LogP contribution is -2.44. The van der Waals surface area contributed by atoms with Crippen molar-refractivity contribution in [1.29, 1.82) is 0 Å². The molecule has 0 heterocycles. The van der Waals surface area contributed by atoms with Crippen LogP contribution in [0, 0.1) is 6.92 Å². The highest BCUT2D eigenvalue weighted by atomic mass is 35.5. The Hall–Kier alpha value is -1.75. The first-order valence-corrected chi connectivity index (χ1v) is 9.40. The lowest BCUT2D eigenvalue weighted by atomic mass is 10.2. The van der Waals surface area contributed by atoms with Gasteiger partial charge in [0.1, 0.15) is 12.8 Å². The molecule has 4 nitrogen and oxygen atoms in total. The van der Waals surface area contributed by atoms with Gasteiger partial charge in [0.25, 0.3) is 0 Å². The van der Waals surface area contributed by atoms with Crippen LogP contribution in [0.25, 0.3) is 0 Å². The number of carbonyl (C=O) groups is 1. The number of hydrogen-bond acceptors (Lipinski definition) is 4. The highest BCUT2D eigenvalue weighted by molar-refractivity contribution is 6.39. The van der Waals surface area contributed by atoms with Gasteiger partial charge < -0.3 is 10.1 Å². The first kappa shape index (κ1) is 20.6. The van der Waals surface area contributed by atoms with Gasteiger partial charge in [0.2, 0.25) is 0 Å². The summed E-state index contributed by atoms with van der Waals surface area (Å²) in [5.74, 6) is -0.356. The molecule has 26 heavy (non-hydrogen) atoms. The zero-order chi connectivity index (χ0) is 19.1. The number of carbonyl (C=O) groups excluding carboxylic acids is 1. The standard InChI is InChI=1S/C20H24Cl2N2O2/c1-4-24(5-2)17(13-26-20(25)15-9-7-6-8-10-15)23-19-16(21)12-11-14(3)18(19)22/h6-12,17,23H,4-5,13H2,1-3H3. The number of benzene rings is 2. The maximum atomic E-state index is 12.3. The summed E-state index contributed by atoms with van der Waals surface area (Å²) in [7, 11) is 0. The fourth-order valence-corrected chi connectivity index (χ4v) is 3.15. The summed E-state index contributed by atoms with van der Waals surface area (Å²) in [4.78, 5) is 14.4. The van der Waals surface area contributed by atoms with Gasteiger partial charge in [-0.15, -0.1) is 0 Å². The zero-order valence-electron chi connectivity index (χ0n) is 15.3. The van der Waals surface area contributed by atoms with Gasteiger partial charge in [-0.3, -0.25) is 4.90 Å². The van der Waals surface area contributed by atoms with E-state index in [4.69, 9.17) is 27.9 Å². The molecule has 1 atom stereocenters. The number of nitrogens with one attached hydrogen (secondary N) is 1. The summed E-state index contributed by atoms with van der Waals surface area (Å²) in [5, 5.41) is 4.46. The van der Waals surface area contributed by atoms with Crippen molar-refractivity contribution in [3.63, 3.8) is 0 Å². The van der Waals surface area contributed by atoms with Crippen molar-refractivity contribution in [2.75, 3.05) is 25.0 Å². The summed E-state index contributed by atoms with van der Waals surface area (Å²) >= 11 is 12.7. The van der Waals surface area contributed by atoms with Gasteiger partial charge in [0, 0.05) is 0 Å². The number of likely N-dealkylation sites (N-methyl/N-ethyl adjacent to an activating group) is 1. The van der Waals surface area contributed by atoms with Gasteiger partial charge in [-0.05, 0) is 43.8 Å². The third kappa shape index (κ3) is 5.13. The number of halogens is 2. The molecular weight excluding hydrogens is 371 g/mol. The van der Waals surface area contributed by atoms with Gasteiger partial charge >= 0.3 is 5.97 Å². The van der Waals surface area contributed by atoms with E-state index < -0.39 is 0 Å². The summed E-state index contributed by atoms with van der Waals surface area (Å²) in [6, 6.07) is 12.6. The molecule has 140 valence electrons. The molecule has 0 aliphatic carbocycles. The van der Waals surface area contributed by atoms with Gasteiger partial charge in [0.05, 0.1) is 21.3 Å². The monoisotopic (exact) mass is 394 g/mol. The number of aryl methyl sites for hydroxylation is 1. The van der Waals surface area contributed by atoms with Gasteiger partial charge in [-0.2, -0.15) is 0 Å². The number of rotatable bonds is 8. The van der Waals surface area contributed by atoms with Crippen molar-refractivity contribution in [2.45, 2.75) is 26.9 Å². The van der Waals surface area contributed by atoms with Crippen molar-refractivity contribution in [1.82, 2.24) is 4.90 Å². The van der Waals surface area contributed by atoms with Crippen molar-refractivity contribution < 1.29 is 9.53 Å². The Kier molecular flexibility index (Phi) is 7.76. The normalized spacial score (nSPS) is 12.1. The molecular formula is C20H24Cl2N2O2. The van der Waals surface area contributed by atoms with Gasteiger partial charge in [0.15, 0.2) is 0 Å². The Labute approximate surface area is 165 Å². The Morgan fingerprint density at radius 2 is 1.77 bits per heavy atom. The minimum Gasteiger partial charge on any atom is -0.458 e. The second-order valence-electron chi connectivity index (χ2n) is 5.90. The molecule has 1 unspecified atom stereocenters. The third-order valence-electron chi connectivity index (χ3n) is 4.23. The SMILES string of the molecule is CCN(CC)C(COC(=O)c1ccccc1)Nc1c(Cl)ccc(C)c1Cl. The third-order valence-corrected chi connectivity index (χ3v) is 5.03. The highest BCUT2D eigenvalue weighted by Gasteiger charge is 2.21. The van der Waals surface area contributed by atoms with E-state index in [2.05, 4.69) is 24.1 Å². The Balaban J connectivity index is 2.17. The largest absolute Gasteiger partial charge is 0.458 e. The van der Waals surface area contributed by atoms with Crippen LogP contribution in [0.1, 0.15) is 29.8 Å². The van der Waals surface area contributed by atoms with Crippen LogP contribution in [0.4, 0.5) is 5.69 Å². The fraction of sp³-hybridized carbons (Fsp3) is 0.350. The van der Waals surface area contributed by atoms with E-state index in [1.807, 2.05) is 31.2 Å². The topological polar surface area (TPSA) is 41.6 Å². The van der Waals surface area contributed by atoms with Crippen molar-refractivity contribution >= 4 is 34.9 Å². The lowest BCUT2D eigenvalue weighted by Gasteiger charge is -2.31. The molecule has 0 fully saturated rings. The minimum absolute atomic E-state index is 0.177. The predicted octanol–water partition coefficient (Wildman–Crippen LogP) is 5.24. The molecule has 2 aromatic rings. The van der Waals surface area contributed by atoms with Crippen LogP contribution in [-0.2, 0) is 4.74 Å². The van der Waals surface area contributed by atoms with Crippen molar-refractivity contribution in [3.05, 3.63) is 63.6 Å². The predicted molar refractivity (Wildman–Crippen MR) is 108 cm³/mol. The van der Waals surface area contributed by atoms with Crippen LogP contribution >= 0.6 is 23.2 Å². The number of ether oxygens (including phenoxy) is 1. The Morgan fingerprint density at radius 1 is 1.12 bits per heavy atom. The molecule has 0 amide bonds. The molecule has 0 bridgehead atoms. The van der Waals surface area contributed by atoms with E-state index in [1.165, 1.54) is 0 Å². The fourth-order valence-electron chi connectivity index (χ4n) is 2.67. The maximum Gasteiger partial charge on any atom is 0.338 e. The van der Waals surface area contributed by atoms with E-state index in [-0.39, 0.29) is 18.7 Å². The molecule has 0 radical (unpaired) electrons. The molecule has 0 saturated carbocycles. The second kappa shape index (κ2) is 9.81. The second-order valence-corrected chi connectivity index (χ2v) is 6.68. The first-order chi connectivity index (χ1) is 12.5. The maximum absolute atomic E-state index is 12.3. The molecule has 0 aromatic heterocycles. The average molecular weight is 395 g/mol. The molecule has 0 aliphatic heterocycles.